The number of hydrogen-bond acceptors (Lipinski definition) is 5. The summed E-state index contributed by atoms with van der Waals surface area (Å²) in [6.07, 6.45) is 1.58. The minimum Gasteiger partial charge on any atom is -0.497 e. The minimum absolute atomic E-state index is 0.361. The molecule has 0 aliphatic rings. The van der Waals surface area contributed by atoms with Crippen LogP contribution in [-0.4, -0.2) is 19.2 Å². The van der Waals surface area contributed by atoms with E-state index in [9.17, 15) is 0 Å². The first-order valence-corrected chi connectivity index (χ1v) is 5.61. The quantitative estimate of drug-likeness (QED) is 0.909. The van der Waals surface area contributed by atoms with Gasteiger partial charge in [0.2, 0.25) is 0 Å². The van der Waals surface area contributed by atoms with Gasteiger partial charge >= 0.3 is 0 Å². The fourth-order valence-corrected chi connectivity index (χ4v) is 1.62. The lowest BCUT2D eigenvalue weighted by atomic mass is 10.2. The van der Waals surface area contributed by atoms with Crippen molar-refractivity contribution in [2.45, 2.75) is 0 Å². The molecule has 0 saturated carbocycles. The van der Waals surface area contributed by atoms with Gasteiger partial charge in [-0.2, -0.15) is 5.26 Å². The molecule has 0 spiro atoms. The summed E-state index contributed by atoms with van der Waals surface area (Å²) in [5.74, 6) is 1.38. The molecular weight excluding hydrogens is 242 g/mol. The fourth-order valence-electron chi connectivity index (χ4n) is 1.62. The third-order valence-electron chi connectivity index (χ3n) is 2.51. The van der Waals surface area contributed by atoms with Crippen LogP contribution in [0.4, 0.5) is 11.4 Å². The van der Waals surface area contributed by atoms with Gasteiger partial charge < -0.3 is 14.8 Å². The lowest BCUT2D eigenvalue weighted by Gasteiger charge is -2.10. The molecule has 0 unspecified atom stereocenters. The molecule has 0 atom stereocenters. The minimum atomic E-state index is 0.361. The highest BCUT2D eigenvalue weighted by molar-refractivity contribution is 5.64. The van der Waals surface area contributed by atoms with Crippen molar-refractivity contribution in [3.63, 3.8) is 0 Å². The number of benzene rings is 1. The number of aromatic nitrogens is 1. The lowest BCUT2D eigenvalue weighted by Crippen LogP contribution is -1.94. The number of rotatable bonds is 4. The first-order chi connectivity index (χ1) is 9.25. The smallest absolute Gasteiger partial charge is 0.142 e. The summed E-state index contributed by atoms with van der Waals surface area (Å²) >= 11 is 0. The molecule has 1 heterocycles. The van der Waals surface area contributed by atoms with Crippen molar-refractivity contribution in [1.82, 2.24) is 4.98 Å². The highest BCUT2D eigenvalue weighted by Gasteiger charge is 2.03. The summed E-state index contributed by atoms with van der Waals surface area (Å²) in [6, 6.07) is 10.9. The van der Waals surface area contributed by atoms with Crippen LogP contribution in [0.25, 0.3) is 0 Å². The Kier molecular flexibility index (Phi) is 3.84. The lowest BCUT2D eigenvalue weighted by molar-refractivity contribution is 0.395. The number of nitrogens with zero attached hydrogens (tertiary/aromatic N) is 2. The van der Waals surface area contributed by atoms with Crippen LogP contribution in [0.1, 0.15) is 5.69 Å². The van der Waals surface area contributed by atoms with Crippen molar-refractivity contribution >= 4 is 11.4 Å². The maximum absolute atomic E-state index is 8.81. The summed E-state index contributed by atoms with van der Waals surface area (Å²) in [5, 5.41) is 12.0. The zero-order valence-electron chi connectivity index (χ0n) is 10.7. The van der Waals surface area contributed by atoms with Gasteiger partial charge in [0.1, 0.15) is 23.3 Å². The highest BCUT2D eigenvalue weighted by atomic mass is 16.5. The number of anilines is 2. The third kappa shape index (κ3) is 3.13. The third-order valence-corrected chi connectivity index (χ3v) is 2.51. The zero-order chi connectivity index (χ0) is 13.7. The maximum Gasteiger partial charge on any atom is 0.142 e. The van der Waals surface area contributed by atoms with E-state index in [-0.39, 0.29) is 0 Å². The summed E-state index contributed by atoms with van der Waals surface area (Å²) in [5.41, 5.74) is 1.95. The van der Waals surface area contributed by atoms with E-state index < -0.39 is 0 Å². The van der Waals surface area contributed by atoms with Crippen LogP contribution in [0.2, 0.25) is 0 Å². The average molecular weight is 255 g/mol. The van der Waals surface area contributed by atoms with Crippen LogP contribution < -0.4 is 14.8 Å². The molecule has 0 amide bonds. The van der Waals surface area contributed by atoms with Crippen molar-refractivity contribution in [2.75, 3.05) is 19.5 Å². The molecule has 19 heavy (non-hydrogen) atoms. The van der Waals surface area contributed by atoms with Gasteiger partial charge in [0.15, 0.2) is 0 Å². The van der Waals surface area contributed by atoms with Crippen LogP contribution in [0.3, 0.4) is 0 Å². The number of nitrogens with one attached hydrogen (secondary N) is 1. The molecule has 1 N–H and O–H groups in total. The van der Waals surface area contributed by atoms with Crippen LogP contribution in [0, 0.1) is 11.3 Å². The van der Waals surface area contributed by atoms with Crippen molar-refractivity contribution in [2.24, 2.45) is 0 Å². The van der Waals surface area contributed by atoms with Crippen LogP contribution in [0.15, 0.2) is 36.5 Å². The molecule has 1 aromatic heterocycles. The molecule has 5 heteroatoms. The van der Waals surface area contributed by atoms with Crippen molar-refractivity contribution in [3.05, 3.63) is 42.2 Å². The Hall–Kier alpha value is -2.74. The van der Waals surface area contributed by atoms with Gasteiger partial charge in [-0.25, -0.2) is 4.98 Å². The molecule has 0 aliphatic carbocycles. The molecule has 1 aromatic carbocycles. The Labute approximate surface area is 111 Å². The molecule has 0 bridgehead atoms. The second-order valence-electron chi connectivity index (χ2n) is 3.77. The first-order valence-electron chi connectivity index (χ1n) is 5.61. The van der Waals surface area contributed by atoms with Crippen molar-refractivity contribution in [3.8, 4) is 17.6 Å². The van der Waals surface area contributed by atoms with Gasteiger partial charge in [0.25, 0.3) is 0 Å². The van der Waals surface area contributed by atoms with E-state index in [0.717, 1.165) is 11.4 Å². The molecule has 96 valence electrons. The van der Waals surface area contributed by atoms with Crippen molar-refractivity contribution in [1.29, 1.82) is 5.26 Å². The van der Waals surface area contributed by atoms with Gasteiger partial charge in [-0.15, -0.1) is 0 Å². The number of nitriles is 1. The number of hydrogen-bond donors (Lipinski definition) is 1. The first kappa shape index (κ1) is 12.7. The normalized spacial score (nSPS) is 9.53. The summed E-state index contributed by atoms with van der Waals surface area (Å²) in [4.78, 5) is 3.92. The van der Waals surface area contributed by atoms with Crippen LogP contribution in [-0.2, 0) is 0 Å². The molecule has 0 saturated heterocycles. The van der Waals surface area contributed by atoms with E-state index in [2.05, 4.69) is 10.3 Å². The van der Waals surface area contributed by atoms with E-state index in [1.807, 2.05) is 18.2 Å². The van der Waals surface area contributed by atoms with Gasteiger partial charge in [0.05, 0.1) is 14.2 Å². The van der Waals surface area contributed by atoms with E-state index in [0.29, 0.717) is 17.2 Å². The molecule has 2 aromatic rings. The zero-order valence-corrected chi connectivity index (χ0v) is 10.7. The van der Waals surface area contributed by atoms with E-state index in [4.69, 9.17) is 14.7 Å². The predicted octanol–water partition coefficient (Wildman–Crippen LogP) is 2.71. The van der Waals surface area contributed by atoms with E-state index >= 15 is 0 Å². The van der Waals surface area contributed by atoms with Crippen molar-refractivity contribution < 1.29 is 9.47 Å². The standard InChI is InChI=1S/C14H13N3O2/c1-18-13-6-11(7-14(8-13)19-2)17-10-3-4-16-12(5-10)9-15/h3-8H,1-2H3,(H,16,17). The average Bonchev–Trinajstić information content (AvgIpc) is 2.47. The SMILES string of the molecule is COc1cc(Nc2ccnc(C#N)c2)cc(OC)c1. The monoisotopic (exact) mass is 255 g/mol. The molecule has 0 fully saturated rings. The second kappa shape index (κ2) is 5.74. The number of pyridine rings is 1. The Morgan fingerprint density at radius 1 is 1.05 bits per heavy atom. The molecule has 5 nitrogen and oxygen atoms in total. The largest absolute Gasteiger partial charge is 0.497 e. The predicted molar refractivity (Wildman–Crippen MR) is 71.8 cm³/mol. The highest BCUT2D eigenvalue weighted by Crippen LogP contribution is 2.27. The maximum atomic E-state index is 8.81. The Bertz CT molecular complexity index is 598. The molecule has 0 aliphatic heterocycles. The van der Waals surface area contributed by atoms with Crippen LogP contribution >= 0.6 is 0 Å². The Balaban J connectivity index is 2.29. The second-order valence-corrected chi connectivity index (χ2v) is 3.77. The summed E-state index contributed by atoms with van der Waals surface area (Å²) in [6.45, 7) is 0. The Morgan fingerprint density at radius 2 is 1.74 bits per heavy atom. The van der Waals surface area contributed by atoms with Gasteiger partial charge in [-0.3, -0.25) is 0 Å². The van der Waals surface area contributed by atoms with E-state index in [1.165, 1.54) is 0 Å². The summed E-state index contributed by atoms with van der Waals surface area (Å²) < 4.78 is 10.4. The molecular formula is C14H13N3O2. The number of ether oxygens (including phenoxy) is 2. The molecule has 2 rings (SSSR count). The van der Waals surface area contributed by atoms with E-state index in [1.54, 1.807) is 38.6 Å². The molecule has 0 radical (unpaired) electrons. The van der Waals surface area contributed by atoms with Gasteiger partial charge in [-0.1, -0.05) is 0 Å². The van der Waals surface area contributed by atoms with Gasteiger partial charge in [0, 0.05) is 35.8 Å². The summed E-state index contributed by atoms with van der Waals surface area (Å²) in [7, 11) is 3.19. The Morgan fingerprint density at radius 3 is 2.32 bits per heavy atom. The van der Waals surface area contributed by atoms with Crippen LogP contribution in [0.5, 0.6) is 11.5 Å². The number of methoxy groups -OCH3 is 2. The fraction of sp³-hybridized carbons (Fsp3) is 0.143. The van der Waals surface area contributed by atoms with Gasteiger partial charge in [-0.05, 0) is 12.1 Å². The topological polar surface area (TPSA) is 67.2 Å².